The molecule has 17 heavy (non-hydrogen) atoms. The summed E-state index contributed by atoms with van der Waals surface area (Å²) in [4.78, 5) is 0. The van der Waals surface area contributed by atoms with E-state index in [-0.39, 0.29) is 24.8 Å². The quantitative estimate of drug-likeness (QED) is 0.420. The van der Waals surface area contributed by atoms with E-state index in [9.17, 15) is 0 Å². The monoisotopic (exact) mass is 429 g/mol. The summed E-state index contributed by atoms with van der Waals surface area (Å²) in [5, 5.41) is 2.73. The third-order valence-corrected chi connectivity index (χ3v) is 5.85. The first-order valence-corrected chi connectivity index (χ1v) is 7.25. The van der Waals surface area contributed by atoms with Crippen LogP contribution in [0.4, 0.5) is 0 Å². The van der Waals surface area contributed by atoms with Crippen molar-refractivity contribution in [3.63, 3.8) is 0 Å². The summed E-state index contributed by atoms with van der Waals surface area (Å²) in [5.74, 6) is 0. The van der Waals surface area contributed by atoms with E-state index >= 15 is 0 Å². The van der Waals surface area contributed by atoms with Crippen LogP contribution in [0.3, 0.4) is 0 Å². The zero-order chi connectivity index (χ0) is 10.4. The van der Waals surface area contributed by atoms with Gasteiger partial charge in [0.15, 0.2) is 0 Å². The molecule has 0 radical (unpaired) electrons. The van der Waals surface area contributed by atoms with Crippen LogP contribution in [-0.2, 0) is 24.4 Å². The minimum Gasteiger partial charge on any atom is -1.00 e. The molecule has 1 aliphatic rings. The molecule has 1 aliphatic carbocycles. The molecule has 0 aromatic heterocycles. The van der Waals surface area contributed by atoms with Crippen LogP contribution >= 0.6 is 0 Å². The molecule has 3 heteroatoms. The van der Waals surface area contributed by atoms with Crippen molar-refractivity contribution in [2.75, 3.05) is 0 Å². The average molecular weight is 429 g/mol. The fraction of sp³-hybridized carbons (Fsp3) is 0.143. The van der Waals surface area contributed by atoms with Gasteiger partial charge in [-0.05, 0) is 0 Å². The molecule has 0 amide bonds. The second kappa shape index (κ2) is 5.69. The van der Waals surface area contributed by atoms with Crippen molar-refractivity contribution < 1.29 is 49.2 Å². The Hall–Kier alpha value is -0.110. The summed E-state index contributed by atoms with van der Waals surface area (Å²) in [5.41, 5.74) is 4.51. The zero-order valence-corrected chi connectivity index (χ0v) is 14.5. The first-order valence-electron chi connectivity index (χ1n) is 5.18. The third-order valence-electron chi connectivity index (χ3n) is 3.10. The van der Waals surface area contributed by atoms with Crippen molar-refractivity contribution in [2.45, 2.75) is 10.6 Å². The second-order valence-electron chi connectivity index (χ2n) is 4.15. The molecule has 0 nitrogen and oxygen atoms in total. The van der Waals surface area contributed by atoms with Gasteiger partial charge in [-0.25, -0.2) is 0 Å². The van der Waals surface area contributed by atoms with Crippen LogP contribution in [-0.4, -0.2) is 0 Å². The average Bonchev–Trinajstić information content (AvgIpc) is 2.52. The Kier molecular flexibility index (Phi) is 5.00. The molecule has 0 spiro atoms. The largest absolute Gasteiger partial charge is 1.00 e. The number of fused-ring (bicyclic) bond motifs is 2. The molecule has 0 bridgehead atoms. The Morgan fingerprint density at radius 1 is 1.00 bits per heavy atom. The molecule has 1 atom stereocenters. The van der Waals surface area contributed by atoms with Gasteiger partial charge in [-0.3, -0.25) is 0 Å². The number of rotatable bonds is 0. The van der Waals surface area contributed by atoms with Crippen molar-refractivity contribution in [3.8, 4) is 0 Å². The summed E-state index contributed by atoms with van der Waals surface area (Å²) in [6, 6.07) is 13.3. The van der Waals surface area contributed by atoms with Gasteiger partial charge >= 0.3 is 105 Å². The molecule has 2 aromatic carbocycles. The van der Waals surface area contributed by atoms with Crippen LogP contribution in [0.25, 0.3) is 16.8 Å². The first kappa shape index (κ1) is 14.9. The van der Waals surface area contributed by atoms with E-state index < -0.39 is 0 Å². The zero-order valence-electron chi connectivity index (χ0n) is 9.37. The molecule has 3 rings (SSSR count). The van der Waals surface area contributed by atoms with E-state index in [4.69, 9.17) is 0 Å². The van der Waals surface area contributed by atoms with Crippen molar-refractivity contribution in [1.29, 1.82) is 0 Å². The fourth-order valence-electron chi connectivity index (χ4n) is 2.22. The van der Waals surface area contributed by atoms with E-state index in [1.54, 1.807) is 0 Å². The van der Waals surface area contributed by atoms with Crippen molar-refractivity contribution in [1.82, 2.24) is 0 Å². The van der Waals surface area contributed by atoms with Crippen LogP contribution in [0.5, 0.6) is 0 Å². The molecule has 0 aliphatic heterocycles. The summed E-state index contributed by atoms with van der Waals surface area (Å²) in [6.07, 6.45) is 2.35. The van der Waals surface area contributed by atoms with Crippen LogP contribution < -0.4 is 24.8 Å². The smallest absolute Gasteiger partial charge is 1.00 e. The molecule has 1 unspecified atom stereocenters. The van der Waals surface area contributed by atoms with Gasteiger partial charge in [0.05, 0.1) is 0 Å². The Bertz CT molecular complexity index is 575. The molecule has 85 valence electrons. The van der Waals surface area contributed by atoms with Crippen LogP contribution in [0.2, 0.25) is 0 Å². The summed E-state index contributed by atoms with van der Waals surface area (Å²) in [6.45, 7) is 2.25. The van der Waals surface area contributed by atoms with Gasteiger partial charge in [0.1, 0.15) is 0 Å². The maximum Gasteiger partial charge on any atom is -1.00 e. The predicted molar refractivity (Wildman–Crippen MR) is 60.3 cm³/mol. The fourth-order valence-corrected chi connectivity index (χ4v) is 3.42. The molecule has 0 N–H and O–H groups in total. The van der Waals surface area contributed by atoms with Crippen LogP contribution in [0.15, 0.2) is 42.0 Å². The van der Waals surface area contributed by atoms with Crippen molar-refractivity contribution in [3.05, 3.63) is 53.1 Å². The standard InChI is InChI=1S/C14H11.2ClH.Hf/c1-10-6-13-8-11-4-2-3-5-12(11)9-14(13)7-10;;;/h2-9H,1H3;2*1H;/q;;;+2/p-2. The molecule has 0 heterocycles. The Morgan fingerprint density at radius 2 is 1.59 bits per heavy atom. The van der Waals surface area contributed by atoms with E-state index in [2.05, 4.69) is 49.4 Å². The van der Waals surface area contributed by atoms with E-state index in [1.165, 1.54) is 51.8 Å². The van der Waals surface area contributed by atoms with Crippen molar-refractivity contribution in [2.24, 2.45) is 0 Å². The SMILES string of the molecule is CC1=Cc2cc3ccccc3cc2[CH]1[Hf+2].[Cl-].[Cl-]. The Labute approximate surface area is 129 Å². The molecule has 0 saturated carbocycles. The van der Waals surface area contributed by atoms with Crippen LogP contribution in [0.1, 0.15) is 21.7 Å². The number of halogens is 2. The van der Waals surface area contributed by atoms with Gasteiger partial charge in [-0.1, -0.05) is 0 Å². The number of allylic oxidation sites excluding steroid dienone is 1. The molecule has 0 fully saturated rings. The van der Waals surface area contributed by atoms with Gasteiger partial charge in [0.2, 0.25) is 0 Å². The minimum atomic E-state index is 0. The van der Waals surface area contributed by atoms with Gasteiger partial charge in [-0.15, -0.1) is 0 Å². The van der Waals surface area contributed by atoms with Crippen molar-refractivity contribution >= 4 is 16.8 Å². The molecule has 0 saturated heterocycles. The second-order valence-corrected chi connectivity index (χ2v) is 6.22. The summed E-state index contributed by atoms with van der Waals surface area (Å²) >= 11 is 1.22. The minimum absolute atomic E-state index is 0. The van der Waals surface area contributed by atoms with E-state index in [0.29, 0.717) is 0 Å². The van der Waals surface area contributed by atoms with Gasteiger partial charge < -0.3 is 24.8 Å². The topological polar surface area (TPSA) is 0 Å². The maximum atomic E-state index is 2.37. The van der Waals surface area contributed by atoms with Crippen LogP contribution in [0, 0.1) is 0 Å². The number of benzene rings is 2. The van der Waals surface area contributed by atoms with Gasteiger partial charge in [0.25, 0.3) is 0 Å². The normalized spacial score (nSPS) is 16.9. The Morgan fingerprint density at radius 3 is 2.24 bits per heavy atom. The number of hydrogen-bond donors (Lipinski definition) is 0. The number of hydrogen-bond acceptors (Lipinski definition) is 0. The van der Waals surface area contributed by atoms with E-state index in [0.717, 1.165) is 3.67 Å². The maximum absolute atomic E-state index is 2.37. The van der Waals surface area contributed by atoms with E-state index in [1.807, 2.05) is 0 Å². The first-order chi connectivity index (χ1) is 7.25. The van der Waals surface area contributed by atoms with Gasteiger partial charge in [-0.2, -0.15) is 0 Å². The summed E-state index contributed by atoms with van der Waals surface area (Å²) < 4.78 is 0.726. The molecular weight excluding hydrogens is 418 g/mol. The summed E-state index contributed by atoms with van der Waals surface area (Å²) in [7, 11) is 0. The molecular formula is C14H11Cl2Hf. The Balaban J connectivity index is 0.000000722. The molecule has 2 aromatic rings. The van der Waals surface area contributed by atoms with Gasteiger partial charge in [0, 0.05) is 0 Å². The predicted octanol–water partition coefficient (Wildman–Crippen LogP) is -2.15. The third kappa shape index (κ3) is 2.52.